The van der Waals surface area contributed by atoms with Crippen LogP contribution in [0.15, 0.2) is 59.5 Å². The first-order valence-corrected chi connectivity index (χ1v) is 11.7. The van der Waals surface area contributed by atoms with E-state index in [1.807, 2.05) is 0 Å². The van der Waals surface area contributed by atoms with Crippen molar-refractivity contribution in [3.63, 3.8) is 0 Å². The maximum atomic E-state index is 12.9. The lowest BCUT2D eigenvalue weighted by Gasteiger charge is -2.20. The number of hydrogen-bond donors (Lipinski definition) is 2. The number of hydrazine groups is 1. The molecule has 1 fully saturated rings. The van der Waals surface area contributed by atoms with E-state index in [0.717, 1.165) is 25.7 Å². The molecule has 0 bridgehead atoms. The maximum absolute atomic E-state index is 12.9. The van der Waals surface area contributed by atoms with Crippen LogP contribution < -0.4 is 10.9 Å². The Morgan fingerprint density at radius 1 is 0.844 bits per heavy atom. The Kier molecular flexibility index (Phi) is 7.96. The van der Waals surface area contributed by atoms with Crippen LogP contribution in [0.25, 0.3) is 0 Å². The third-order valence-electron chi connectivity index (χ3n) is 4.96. The molecule has 1 aliphatic heterocycles. The molecule has 0 atom stereocenters. The summed E-state index contributed by atoms with van der Waals surface area (Å²) in [7, 11) is -3.72. The average Bonchev–Trinajstić information content (AvgIpc) is 3.12. The van der Waals surface area contributed by atoms with Crippen LogP contribution in [-0.2, 0) is 19.6 Å². The van der Waals surface area contributed by atoms with E-state index in [-0.39, 0.29) is 10.5 Å². The fourth-order valence-corrected chi connectivity index (χ4v) is 4.82. The zero-order valence-electron chi connectivity index (χ0n) is 17.5. The number of sulfonamides is 1. The molecule has 1 heterocycles. The summed E-state index contributed by atoms with van der Waals surface area (Å²) >= 11 is 0. The van der Waals surface area contributed by atoms with Crippen molar-refractivity contribution in [2.45, 2.75) is 30.6 Å². The van der Waals surface area contributed by atoms with Gasteiger partial charge in [-0.3, -0.25) is 20.4 Å². The standard InChI is InChI=1S/C22H25N3O6S/c26-20(23-24-21(27)17-9-4-3-5-10-17)16-31-22(28)18-11-8-12-19(15-18)32(29,30)25-13-6-1-2-7-14-25/h3-5,8-12,15H,1-2,6-7,13-14,16H2,(H,23,26)(H,24,27). The van der Waals surface area contributed by atoms with Gasteiger partial charge in [0.1, 0.15) is 0 Å². The van der Waals surface area contributed by atoms with E-state index in [0.29, 0.717) is 18.7 Å². The Morgan fingerprint density at radius 2 is 1.50 bits per heavy atom. The number of esters is 1. The highest BCUT2D eigenvalue weighted by Crippen LogP contribution is 2.21. The molecular formula is C22H25N3O6S. The number of carbonyl (C=O) groups excluding carboxylic acids is 3. The largest absolute Gasteiger partial charge is 0.452 e. The third kappa shape index (κ3) is 6.14. The molecule has 9 nitrogen and oxygen atoms in total. The van der Waals surface area contributed by atoms with Crippen molar-refractivity contribution in [3.05, 3.63) is 65.7 Å². The van der Waals surface area contributed by atoms with E-state index in [9.17, 15) is 22.8 Å². The van der Waals surface area contributed by atoms with Crippen LogP contribution in [0.3, 0.4) is 0 Å². The second-order valence-corrected chi connectivity index (χ2v) is 9.23. The lowest BCUT2D eigenvalue weighted by molar-refractivity contribution is -0.125. The number of amides is 2. The number of hydrogen-bond acceptors (Lipinski definition) is 6. The van der Waals surface area contributed by atoms with Crippen molar-refractivity contribution in [1.82, 2.24) is 15.2 Å². The predicted octanol–water partition coefficient (Wildman–Crippen LogP) is 1.87. The SMILES string of the molecule is O=C(COC(=O)c1cccc(S(=O)(=O)N2CCCCCC2)c1)NNC(=O)c1ccccc1. The molecule has 2 aromatic carbocycles. The van der Waals surface area contributed by atoms with Crippen molar-refractivity contribution >= 4 is 27.8 Å². The molecule has 2 amide bonds. The summed E-state index contributed by atoms with van der Waals surface area (Å²) in [5, 5.41) is 0. The van der Waals surface area contributed by atoms with E-state index in [1.165, 1.54) is 28.6 Å². The van der Waals surface area contributed by atoms with Crippen LogP contribution in [0.5, 0.6) is 0 Å². The lowest BCUT2D eigenvalue weighted by Crippen LogP contribution is -2.43. The quantitative estimate of drug-likeness (QED) is 0.502. The van der Waals surface area contributed by atoms with Gasteiger partial charge in [-0.15, -0.1) is 0 Å². The summed E-state index contributed by atoms with van der Waals surface area (Å²) in [6.07, 6.45) is 3.59. The Bertz CT molecular complexity index is 1060. The second kappa shape index (κ2) is 10.9. The highest BCUT2D eigenvalue weighted by molar-refractivity contribution is 7.89. The third-order valence-corrected chi connectivity index (χ3v) is 6.85. The Morgan fingerprint density at radius 3 is 2.19 bits per heavy atom. The van der Waals surface area contributed by atoms with Gasteiger partial charge in [-0.1, -0.05) is 37.1 Å². The topological polar surface area (TPSA) is 122 Å². The normalized spacial score (nSPS) is 14.8. The molecule has 1 aliphatic rings. The highest BCUT2D eigenvalue weighted by atomic mass is 32.2. The molecule has 0 unspecified atom stereocenters. The van der Waals surface area contributed by atoms with Gasteiger partial charge in [0.25, 0.3) is 11.8 Å². The molecule has 0 aromatic heterocycles. The van der Waals surface area contributed by atoms with Crippen LogP contribution in [0.1, 0.15) is 46.4 Å². The van der Waals surface area contributed by atoms with Crippen LogP contribution >= 0.6 is 0 Å². The van der Waals surface area contributed by atoms with E-state index in [2.05, 4.69) is 10.9 Å². The summed E-state index contributed by atoms with van der Waals surface area (Å²) in [6.45, 7) is 0.259. The van der Waals surface area contributed by atoms with Crippen LogP contribution in [0, 0.1) is 0 Å². The number of benzene rings is 2. The van der Waals surface area contributed by atoms with Gasteiger partial charge in [0.2, 0.25) is 10.0 Å². The summed E-state index contributed by atoms with van der Waals surface area (Å²) in [4.78, 5) is 36.1. The van der Waals surface area contributed by atoms with Crippen molar-refractivity contribution in [2.75, 3.05) is 19.7 Å². The molecule has 0 saturated carbocycles. The monoisotopic (exact) mass is 459 g/mol. The van der Waals surface area contributed by atoms with E-state index in [4.69, 9.17) is 4.74 Å². The first-order chi connectivity index (χ1) is 15.4. The highest BCUT2D eigenvalue weighted by Gasteiger charge is 2.26. The fourth-order valence-electron chi connectivity index (χ4n) is 3.25. The van der Waals surface area contributed by atoms with E-state index < -0.39 is 34.4 Å². The molecule has 170 valence electrons. The molecule has 0 spiro atoms. The predicted molar refractivity (Wildman–Crippen MR) is 116 cm³/mol. The first kappa shape index (κ1) is 23.4. The zero-order valence-corrected chi connectivity index (χ0v) is 18.3. The molecule has 3 rings (SSSR count). The van der Waals surface area contributed by atoms with Crippen molar-refractivity contribution < 1.29 is 27.5 Å². The summed E-state index contributed by atoms with van der Waals surface area (Å²) in [5.74, 6) is -2.10. The second-order valence-electron chi connectivity index (χ2n) is 7.29. The van der Waals surface area contributed by atoms with Gasteiger partial charge < -0.3 is 4.74 Å². The van der Waals surface area contributed by atoms with Gasteiger partial charge >= 0.3 is 5.97 Å². The molecule has 2 aromatic rings. The minimum absolute atomic E-state index is 0.00780. The molecule has 1 saturated heterocycles. The van der Waals surface area contributed by atoms with Gasteiger partial charge in [-0.2, -0.15) is 4.31 Å². The lowest BCUT2D eigenvalue weighted by atomic mass is 10.2. The van der Waals surface area contributed by atoms with E-state index >= 15 is 0 Å². The molecular weight excluding hydrogens is 434 g/mol. The molecule has 10 heteroatoms. The van der Waals surface area contributed by atoms with Crippen molar-refractivity contribution in [2.24, 2.45) is 0 Å². The summed E-state index contributed by atoms with van der Waals surface area (Å²) in [5.41, 5.74) is 4.74. The molecule has 32 heavy (non-hydrogen) atoms. The van der Waals surface area contributed by atoms with Gasteiger partial charge in [0.15, 0.2) is 6.61 Å². The van der Waals surface area contributed by atoms with Gasteiger partial charge in [-0.05, 0) is 43.2 Å². The number of rotatable bonds is 6. The number of nitrogens with one attached hydrogen (secondary N) is 2. The summed E-state index contributed by atoms with van der Waals surface area (Å²) in [6, 6.07) is 13.8. The average molecular weight is 460 g/mol. The minimum Gasteiger partial charge on any atom is -0.452 e. The number of ether oxygens (including phenoxy) is 1. The van der Waals surface area contributed by atoms with Gasteiger partial charge in [0.05, 0.1) is 10.5 Å². The van der Waals surface area contributed by atoms with Crippen LogP contribution in [-0.4, -0.2) is 50.2 Å². The molecule has 0 radical (unpaired) electrons. The van der Waals surface area contributed by atoms with Gasteiger partial charge in [-0.25, -0.2) is 13.2 Å². The number of carbonyl (C=O) groups is 3. The van der Waals surface area contributed by atoms with Crippen LogP contribution in [0.4, 0.5) is 0 Å². The van der Waals surface area contributed by atoms with Crippen molar-refractivity contribution in [3.8, 4) is 0 Å². The Balaban J connectivity index is 1.55. The fraction of sp³-hybridized carbons (Fsp3) is 0.318. The smallest absolute Gasteiger partial charge is 0.338 e. The van der Waals surface area contributed by atoms with E-state index in [1.54, 1.807) is 30.3 Å². The first-order valence-electron chi connectivity index (χ1n) is 10.3. The summed E-state index contributed by atoms with van der Waals surface area (Å²) < 4.78 is 32.2. The van der Waals surface area contributed by atoms with Gasteiger partial charge in [0, 0.05) is 18.7 Å². The Hall–Kier alpha value is -3.24. The van der Waals surface area contributed by atoms with Crippen molar-refractivity contribution in [1.29, 1.82) is 0 Å². The molecule has 2 N–H and O–H groups in total. The molecule has 0 aliphatic carbocycles. The maximum Gasteiger partial charge on any atom is 0.338 e. The number of nitrogens with zero attached hydrogens (tertiary/aromatic N) is 1. The minimum atomic E-state index is -3.72. The zero-order chi connectivity index (χ0) is 23.0. The Labute approximate surface area is 186 Å². The van der Waals surface area contributed by atoms with Crippen LogP contribution in [0.2, 0.25) is 0 Å².